The molecule has 0 spiro atoms. The Labute approximate surface area is 167 Å². The van der Waals surface area contributed by atoms with Crippen molar-refractivity contribution in [2.45, 2.75) is 32.3 Å². The fraction of sp³-hybridized carbons (Fsp3) is 0.200. The molecule has 0 saturated heterocycles. The van der Waals surface area contributed by atoms with E-state index in [2.05, 4.69) is 36.4 Å². The summed E-state index contributed by atoms with van der Waals surface area (Å²) in [6.07, 6.45) is 1.43. The lowest BCUT2D eigenvalue weighted by atomic mass is 10.1. The minimum Gasteiger partial charge on any atom is -0.393 e. The predicted octanol–water partition coefficient (Wildman–Crippen LogP) is 3.90. The molecule has 28 heavy (non-hydrogen) atoms. The van der Waals surface area contributed by atoms with Gasteiger partial charge in [-0.3, -0.25) is 4.79 Å². The maximum absolute atomic E-state index is 13.1. The summed E-state index contributed by atoms with van der Waals surface area (Å²) in [4.78, 5) is 13.1. The Kier molecular flexibility index (Phi) is 7.03. The number of carbonyl (C=O) groups excluding carboxylic acids is 1. The van der Waals surface area contributed by atoms with Crippen molar-refractivity contribution in [3.63, 3.8) is 0 Å². The zero-order valence-corrected chi connectivity index (χ0v) is 17.1. The van der Waals surface area contributed by atoms with Crippen molar-refractivity contribution in [3.05, 3.63) is 91.0 Å². The van der Waals surface area contributed by atoms with E-state index in [9.17, 15) is 9.90 Å². The van der Waals surface area contributed by atoms with E-state index in [0.29, 0.717) is 19.3 Å². The highest BCUT2D eigenvalue weighted by atomic mass is 31.2. The smallest absolute Gasteiger partial charge is 0.156 e. The van der Waals surface area contributed by atoms with E-state index in [1.165, 1.54) is 15.9 Å². The Hall–Kier alpha value is -2.41. The van der Waals surface area contributed by atoms with Crippen LogP contribution in [0.5, 0.6) is 0 Å². The molecule has 0 fully saturated rings. The number of rotatable bonds is 8. The summed E-state index contributed by atoms with van der Waals surface area (Å²) in [7, 11) is 0. The van der Waals surface area contributed by atoms with Crippen molar-refractivity contribution in [2.75, 3.05) is 0 Å². The van der Waals surface area contributed by atoms with Crippen LogP contribution in [0.3, 0.4) is 0 Å². The van der Waals surface area contributed by atoms with Crippen LogP contribution in [0.1, 0.15) is 26.2 Å². The summed E-state index contributed by atoms with van der Waals surface area (Å²) in [5.74, 6) is 2.13. The van der Waals surface area contributed by atoms with Gasteiger partial charge in [-0.25, -0.2) is 0 Å². The molecule has 1 N–H and O–H groups in total. The summed E-state index contributed by atoms with van der Waals surface area (Å²) in [5.41, 5.74) is 0. The highest BCUT2D eigenvalue weighted by Gasteiger charge is 2.26. The van der Waals surface area contributed by atoms with Gasteiger partial charge in [0.2, 0.25) is 0 Å². The summed E-state index contributed by atoms with van der Waals surface area (Å²) in [5, 5.41) is 13.0. The predicted molar refractivity (Wildman–Crippen MR) is 122 cm³/mol. The fourth-order valence-electron chi connectivity index (χ4n) is 3.51. The Bertz CT molecular complexity index is 829. The molecule has 0 bridgehead atoms. The number of benzene rings is 3. The molecular weight excluding hydrogens is 363 g/mol. The minimum absolute atomic E-state index is 0.144. The summed E-state index contributed by atoms with van der Waals surface area (Å²) in [6.45, 7) is -0.443. The zero-order valence-electron chi connectivity index (χ0n) is 16.2. The minimum atomic E-state index is -2.21. The van der Waals surface area contributed by atoms with Gasteiger partial charge in [-0.2, -0.15) is 0 Å². The highest BCUT2D eigenvalue weighted by molar-refractivity contribution is 7.95. The first-order valence-electron chi connectivity index (χ1n) is 9.75. The van der Waals surface area contributed by atoms with Crippen molar-refractivity contribution < 1.29 is 9.90 Å². The Morgan fingerprint density at radius 3 is 1.57 bits per heavy atom. The fourth-order valence-corrected chi connectivity index (χ4v) is 7.34. The third-order valence-corrected chi connectivity index (χ3v) is 8.89. The monoisotopic (exact) mass is 390 g/mol. The van der Waals surface area contributed by atoms with Crippen LogP contribution in [-0.2, 0) is 4.79 Å². The molecule has 3 aromatic rings. The molecule has 0 radical (unpaired) electrons. The number of hydrogen-bond acceptors (Lipinski definition) is 2. The molecule has 0 saturated carbocycles. The van der Waals surface area contributed by atoms with Gasteiger partial charge in [0.1, 0.15) is 0 Å². The van der Waals surface area contributed by atoms with E-state index in [-0.39, 0.29) is 11.9 Å². The van der Waals surface area contributed by atoms with Crippen LogP contribution in [0.15, 0.2) is 91.0 Å². The number of aliphatic hydroxyl groups excluding tert-OH is 1. The Morgan fingerprint density at radius 1 is 0.821 bits per heavy atom. The van der Waals surface area contributed by atoms with E-state index in [4.69, 9.17) is 0 Å². The molecule has 3 rings (SSSR count). The van der Waals surface area contributed by atoms with Crippen molar-refractivity contribution >= 4 is 34.4 Å². The van der Waals surface area contributed by atoms with Gasteiger partial charge in [0.05, 0.1) is 6.10 Å². The molecule has 3 heteroatoms. The molecule has 0 heterocycles. The van der Waals surface area contributed by atoms with Gasteiger partial charge < -0.3 is 5.11 Å². The third-order valence-electron chi connectivity index (χ3n) is 4.87. The molecule has 144 valence electrons. The number of ketones is 1. The standard InChI is InChI=1S/C25H27O2P/c1-21(26)12-11-13-22(27)20-28(23-14-5-2-6-15-23,24-16-7-3-8-17-24)25-18-9-4-10-19-25/h2-10,14-21,26H,11-13H2,1H3. The first-order valence-corrected chi connectivity index (χ1v) is 11.6. The van der Waals surface area contributed by atoms with E-state index in [1.807, 2.05) is 60.4 Å². The topological polar surface area (TPSA) is 37.3 Å². The average Bonchev–Trinajstić information content (AvgIpc) is 2.74. The lowest BCUT2D eigenvalue weighted by molar-refractivity contribution is -0.112. The highest BCUT2D eigenvalue weighted by Crippen LogP contribution is 2.43. The first-order chi connectivity index (χ1) is 13.6. The molecule has 0 aliphatic carbocycles. The molecule has 0 aromatic heterocycles. The van der Waals surface area contributed by atoms with Crippen LogP contribution in [-0.4, -0.2) is 22.8 Å². The van der Waals surface area contributed by atoms with Crippen molar-refractivity contribution in [1.82, 2.24) is 0 Å². The SMILES string of the molecule is CC(O)CCCC(=O)C=P(c1ccccc1)(c1ccccc1)c1ccccc1. The van der Waals surface area contributed by atoms with E-state index in [1.54, 1.807) is 6.92 Å². The lowest BCUT2D eigenvalue weighted by Crippen LogP contribution is -2.28. The normalized spacial score (nSPS) is 12.4. The van der Waals surface area contributed by atoms with Crippen LogP contribution >= 0.6 is 6.89 Å². The number of Topliss-reactive ketones (excluding diaryl/α,β-unsaturated/α-hetero) is 1. The van der Waals surface area contributed by atoms with Gasteiger partial charge in [0.15, 0.2) is 5.78 Å². The van der Waals surface area contributed by atoms with Crippen LogP contribution in [0.25, 0.3) is 0 Å². The number of hydrogen-bond donors (Lipinski definition) is 1. The lowest BCUT2D eigenvalue weighted by Gasteiger charge is -2.28. The van der Waals surface area contributed by atoms with E-state index < -0.39 is 6.89 Å². The maximum atomic E-state index is 13.1. The third kappa shape index (κ3) is 4.70. The van der Waals surface area contributed by atoms with Gasteiger partial charge >= 0.3 is 0 Å². The molecule has 0 aliphatic rings. The maximum Gasteiger partial charge on any atom is 0.156 e. The Morgan fingerprint density at radius 2 is 1.21 bits per heavy atom. The Balaban J connectivity index is 2.20. The average molecular weight is 390 g/mol. The molecule has 1 atom stereocenters. The first kappa shape index (κ1) is 20.3. The summed E-state index contributed by atoms with van der Waals surface area (Å²) >= 11 is 0. The molecular formula is C25H27O2P. The second-order valence-electron chi connectivity index (χ2n) is 7.07. The van der Waals surface area contributed by atoms with Gasteiger partial charge in [-0.1, -0.05) is 91.0 Å². The van der Waals surface area contributed by atoms with Crippen LogP contribution in [0.2, 0.25) is 0 Å². The molecule has 0 amide bonds. The number of carbonyl (C=O) groups is 1. The zero-order chi connectivity index (χ0) is 19.8. The van der Waals surface area contributed by atoms with Gasteiger partial charge in [-0.05, 0) is 48.4 Å². The molecule has 2 nitrogen and oxygen atoms in total. The summed E-state index contributed by atoms with van der Waals surface area (Å²) in [6, 6.07) is 31.1. The van der Waals surface area contributed by atoms with Crippen LogP contribution in [0, 0.1) is 0 Å². The van der Waals surface area contributed by atoms with Crippen LogP contribution in [0.4, 0.5) is 0 Å². The molecule has 0 aliphatic heterocycles. The van der Waals surface area contributed by atoms with Crippen molar-refractivity contribution in [2.24, 2.45) is 0 Å². The largest absolute Gasteiger partial charge is 0.393 e. The van der Waals surface area contributed by atoms with E-state index >= 15 is 0 Å². The van der Waals surface area contributed by atoms with Gasteiger partial charge in [0, 0.05) is 6.42 Å². The van der Waals surface area contributed by atoms with Crippen molar-refractivity contribution in [1.29, 1.82) is 0 Å². The summed E-state index contributed by atoms with van der Waals surface area (Å²) < 4.78 is 0. The number of aliphatic hydroxyl groups is 1. The second kappa shape index (κ2) is 9.68. The van der Waals surface area contributed by atoms with Gasteiger partial charge in [-0.15, -0.1) is 0 Å². The molecule has 3 aromatic carbocycles. The quantitative estimate of drug-likeness (QED) is 0.593. The van der Waals surface area contributed by atoms with Gasteiger partial charge in [0.25, 0.3) is 0 Å². The molecule has 1 unspecified atom stereocenters. The van der Waals surface area contributed by atoms with Crippen LogP contribution < -0.4 is 15.9 Å². The van der Waals surface area contributed by atoms with Crippen molar-refractivity contribution in [3.8, 4) is 0 Å². The second-order valence-corrected chi connectivity index (χ2v) is 10.3. The van der Waals surface area contributed by atoms with E-state index in [0.717, 1.165) is 0 Å².